The van der Waals surface area contributed by atoms with Crippen LogP contribution in [0, 0.1) is 0 Å². The van der Waals surface area contributed by atoms with Crippen LogP contribution in [0.3, 0.4) is 0 Å². The monoisotopic (exact) mass is 205 g/mol. The standard InChI is InChI=1S/C6H5F2N3O3/c7-3(8)1-2-11-5(13)9-4(12)10-6(11)14/h1H,2H2,(H2,9,10,12,13,14). The van der Waals surface area contributed by atoms with E-state index in [1.165, 1.54) is 0 Å². The molecule has 0 bridgehead atoms. The molecule has 0 radical (unpaired) electrons. The summed E-state index contributed by atoms with van der Waals surface area (Å²) in [7, 11) is 0. The smallest absolute Gasteiger partial charge is 0.259 e. The highest BCUT2D eigenvalue weighted by Crippen LogP contribution is 1.95. The van der Waals surface area contributed by atoms with Crippen molar-refractivity contribution in [1.82, 2.24) is 14.5 Å². The van der Waals surface area contributed by atoms with Crippen LogP contribution < -0.4 is 17.1 Å². The van der Waals surface area contributed by atoms with E-state index in [1.807, 2.05) is 0 Å². The molecule has 0 aliphatic rings. The lowest BCUT2D eigenvalue weighted by Crippen LogP contribution is -2.42. The van der Waals surface area contributed by atoms with Gasteiger partial charge in [-0.1, -0.05) is 0 Å². The molecule has 1 rings (SSSR count). The number of hydrogen-bond donors (Lipinski definition) is 2. The number of hydrogen-bond acceptors (Lipinski definition) is 3. The van der Waals surface area contributed by atoms with Crippen LogP contribution in [0.1, 0.15) is 0 Å². The van der Waals surface area contributed by atoms with Crippen molar-refractivity contribution >= 4 is 0 Å². The van der Waals surface area contributed by atoms with Gasteiger partial charge in [-0.15, -0.1) is 0 Å². The van der Waals surface area contributed by atoms with Gasteiger partial charge in [0.05, 0.1) is 6.54 Å². The van der Waals surface area contributed by atoms with Crippen molar-refractivity contribution < 1.29 is 8.78 Å². The zero-order valence-corrected chi connectivity index (χ0v) is 6.71. The summed E-state index contributed by atoms with van der Waals surface area (Å²) in [6.45, 7) is -0.590. The molecule has 14 heavy (non-hydrogen) atoms. The van der Waals surface area contributed by atoms with Crippen LogP contribution in [0.4, 0.5) is 8.78 Å². The minimum absolute atomic E-state index is 0.384. The van der Waals surface area contributed by atoms with Crippen molar-refractivity contribution in [3.05, 3.63) is 43.6 Å². The number of rotatable bonds is 2. The second-order valence-corrected chi connectivity index (χ2v) is 2.29. The Kier molecular flexibility index (Phi) is 2.75. The van der Waals surface area contributed by atoms with Crippen LogP contribution >= 0.6 is 0 Å². The highest BCUT2D eigenvalue weighted by atomic mass is 19.3. The highest BCUT2D eigenvalue weighted by Gasteiger charge is 2.01. The number of H-pyrrole nitrogens is 2. The maximum Gasteiger partial charge on any atom is 0.333 e. The van der Waals surface area contributed by atoms with Gasteiger partial charge in [0, 0.05) is 6.08 Å². The summed E-state index contributed by atoms with van der Waals surface area (Å²) in [4.78, 5) is 35.7. The fourth-order valence-corrected chi connectivity index (χ4v) is 0.779. The largest absolute Gasteiger partial charge is 0.333 e. The number of nitrogens with one attached hydrogen (secondary N) is 2. The van der Waals surface area contributed by atoms with Gasteiger partial charge in [0.1, 0.15) is 0 Å². The molecule has 2 N–H and O–H groups in total. The predicted molar refractivity (Wildman–Crippen MR) is 42.2 cm³/mol. The molecule has 8 heteroatoms. The van der Waals surface area contributed by atoms with Crippen LogP contribution in [0.25, 0.3) is 0 Å². The van der Waals surface area contributed by atoms with Gasteiger partial charge < -0.3 is 0 Å². The summed E-state index contributed by atoms with van der Waals surface area (Å²) in [5.41, 5.74) is -3.03. The summed E-state index contributed by atoms with van der Waals surface area (Å²) < 4.78 is 23.7. The van der Waals surface area contributed by atoms with E-state index in [2.05, 4.69) is 0 Å². The van der Waals surface area contributed by atoms with Gasteiger partial charge in [-0.3, -0.25) is 9.97 Å². The normalized spacial score (nSPS) is 9.86. The van der Waals surface area contributed by atoms with Crippen LogP contribution in [-0.4, -0.2) is 14.5 Å². The van der Waals surface area contributed by atoms with Gasteiger partial charge in [0.2, 0.25) is 0 Å². The molecule has 0 aliphatic carbocycles. The molecule has 0 unspecified atom stereocenters. The molecular weight excluding hydrogens is 200 g/mol. The van der Waals surface area contributed by atoms with Crippen molar-refractivity contribution in [2.75, 3.05) is 0 Å². The van der Waals surface area contributed by atoms with Gasteiger partial charge in [-0.05, 0) is 0 Å². The van der Waals surface area contributed by atoms with Crippen molar-refractivity contribution in [2.24, 2.45) is 0 Å². The third-order valence-electron chi connectivity index (χ3n) is 1.36. The Morgan fingerprint density at radius 3 is 2.14 bits per heavy atom. The molecule has 0 saturated heterocycles. The molecule has 1 aromatic rings. The number of halogens is 2. The lowest BCUT2D eigenvalue weighted by molar-refractivity contribution is 0.414. The van der Waals surface area contributed by atoms with Crippen molar-refractivity contribution in [1.29, 1.82) is 0 Å². The molecule has 0 saturated carbocycles. The molecular formula is C6H5F2N3O3. The van der Waals surface area contributed by atoms with Gasteiger partial charge in [0.15, 0.2) is 0 Å². The van der Waals surface area contributed by atoms with E-state index in [1.54, 1.807) is 9.97 Å². The quantitative estimate of drug-likeness (QED) is 0.649. The SMILES string of the molecule is O=c1[nH]c(=O)n(CC=C(F)F)c(=O)[nH]1. The lowest BCUT2D eigenvalue weighted by Gasteiger charge is -1.96. The van der Waals surface area contributed by atoms with E-state index >= 15 is 0 Å². The zero-order chi connectivity index (χ0) is 10.7. The van der Waals surface area contributed by atoms with E-state index in [4.69, 9.17) is 0 Å². The molecule has 0 fully saturated rings. The van der Waals surface area contributed by atoms with Crippen molar-refractivity contribution in [2.45, 2.75) is 6.54 Å². The van der Waals surface area contributed by atoms with Crippen molar-refractivity contribution in [3.8, 4) is 0 Å². The summed E-state index contributed by atoms with van der Waals surface area (Å²) >= 11 is 0. The summed E-state index contributed by atoms with van der Waals surface area (Å²) in [6, 6.07) is 0. The maximum absolute atomic E-state index is 11.6. The number of aromatic amines is 2. The van der Waals surface area contributed by atoms with Gasteiger partial charge >= 0.3 is 17.1 Å². The average molecular weight is 205 g/mol. The minimum Gasteiger partial charge on any atom is -0.259 e. The van der Waals surface area contributed by atoms with Gasteiger partial charge in [-0.2, -0.15) is 8.78 Å². The van der Waals surface area contributed by atoms with Gasteiger partial charge in [-0.25, -0.2) is 19.0 Å². The highest BCUT2D eigenvalue weighted by molar-refractivity contribution is 4.82. The molecule has 0 aliphatic heterocycles. The lowest BCUT2D eigenvalue weighted by atomic mass is 10.6. The Balaban J connectivity index is 3.23. The third-order valence-corrected chi connectivity index (χ3v) is 1.36. The molecule has 6 nitrogen and oxygen atoms in total. The minimum atomic E-state index is -2.01. The topological polar surface area (TPSA) is 87.7 Å². The first kappa shape index (κ1) is 10.1. The van der Waals surface area contributed by atoms with E-state index < -0.39 is 29.7 Å². The van der Waals surface area contributed by atoms with Crippen LogP contribution in [0.5, 0.6) is 0 Å². The fourth-order valence-electron chi connectivity index (χ4n) is 0.779. The van der Waals surface area contributed by atoms with Crippen molar-refractivity contribution in [3.63, 3.8) is 0 Å². The molecule has 0 spiro atoms. The van der Waals surface area contributed by atoms with E-state index in [9.17, 15) is 23.2 Å². The Labute approximate surface area is 74.5 Å². The van der Waals surface area contributed by atoms with E-state index in [-0.39, 0.29) is 0 Å². The molecule has 0 amide bonds. The second kappa shape index (κ2) is 3.81. The molecule has 76 valence electrons. The fraction of sp³-hybridized carbons (Fsp3) is 0.167. The molecule has 1 heterocycles. The third kappa shape index (κ3) is 2.25. The van der Waals surface area contributed by atoms with Crippen LogP contribution in [-0.2, 0) is 6.54 Å². The molecule has 0 aromatic carbocycles. The first-order chi connectivity index (χ1) is 6.50. The van der Waals surface area contributed by atoms with Gasteiger partial charge in [0.25, 0.3) is 6.08 Å². The first-order valence-corrected chi connectivity index (χ1v) is 3.45. The van der Waals surface area contributed by atoms with Crippen LogP contribution in [0.15, 0.2) is 26.5 Å². The summed E-state index contributed by atoms with van der Waals surface area (Å²) in [6.07, 6.45) is -1.63. The zero-order valence-electron chi connectivity index (χ0n) is 6.71. The number of allylic oxidation sites excluding steroid dienone is 1. The Hall–Kier alpha value is -1.99. The Morgan fingerprint density at radius 1 is 1.21 bits per heavy atom. The predicted octanol–water partition coefficient (Wildman–Crippen LogP) is -0.995. The first-order valence-electron chi connectivity index (χ1n) is 3.45. The Morgan fingerprint density at radius 2 is 1.71 bits per heavy atom. The number of nitrogens with zero attached hydrogens (tertiary/aromatic N) is 1. The second-order valence-electron chi connectivity index (χ2n) is 2.29. The average Bonchev–Trinajstić information content (AvgIpc) is 2.01. The van der Waals surface area contributed by atoms with E-state index in [0.717, 1.165) is 0 Å². The number of aromatic nitrogens is 3. The summed E-state index contributed by atoms with van der Waals surface area (Å²) in [5.74, 6) is 0. The molecule has 1 aromatic heterocycles. The summed E-state index contributed by atoms with van der Waals surface area (Å²) in [5, 5.41) is 0. The Bertz CT molecular complexity index is 486. The maximum atomic E-state index is 11.6. The van der Waals surface area contributed by atoms with Crippen LogP contribution in [0.2, 0.25) is 0 Å². The molecule has 0 atom stereocenters. The van der Waals surface area contributed by atoms with E-state index in [0.29, 0.717) is 10.6 Å².